The maximum Gasteiger partial charge on any atom is 0.0579 e. The van der Waals surface area contributed by atoms with Gasteiger partial charge in [0.1, 0.15) is 0 Å². The highest BCUT2D eigenvalue weighted by Crippen LogP contribution is 2.21. The van der Waals surface area contributed by atoms with E-state index in [1.165, 1.54) is 0 Å². The van der Waals surface area contributed by atoms with Crippen LogP contribution in [-0.4, -0.2) is 20.3 Å². The highest BCUT2D eigenvalue weighted by atomic mass is 16.5. The van der Waals surface area contributed by atoms with Gasteiger partial charge in [-0.25, -0.2) is 0 Å². The number of nitrogens with one attached hydrogen (secondary N) is 1. The van der Waals surface area contributed by atoms with Gasteiger partial charge in [0.25, 0.3) is 0 Å². The third-order valence-electron chi connectivity index (χ3n) is 2.16. The Morgan fingerprint density at radius 2 is 2.21 bits per heavy atom. The molecule has 0 aliphatic heterocycles. The molecule has 1 aromatic carbocycles. The van der Waals surface area contributed by atoms with Crippen LogP contribution < -0.4 is 11.1 Å². The minimum absolute atomic E-state index is 0.777. The Labute approximate surface area is 85.3 Å². The summed E-state index contributed by atoms with van der Waals surface area (Å²) in [6.07, 6.45) is 0.990. The number of rotatable bonds is 5. The lowest BCUT2D eigenvalue weighted by Crippen LogP contribution is -2.07. The first-order valence-electron chi connectivity index (χ1n) is 4.83. The van der Waals surface area contributed by atoms with Gasteiger partial charge in [-0.2, -0.15) is 0 Å². The first kappa shape index (κ1) is 10.9. The normalized spacial score (nSPS) is 10.1. The van der Waals surface area contributed by atoms with Gasteiger partial charge < -0.3 is 15.8 Å². The van der Waals surface area contributed by atoms with Crippen molar-refractivity contribution in [1.29, 1.82) is 0 Å². The first-order valence-corrected chi connectivity index (χ1v) is 4.83. The molecule has 0 unspecified atom stereocenters. The number of aryl methyl sites for hydroxylation is 1. The first-order chi connectivity index (χ1) is 6.75. The lowest BCUT2D eigenvalue weighted by atomic mass is 10.2. The fourth-order valence-electron chi connectivity index (χ4n) is 1.27. The molecule has 14 heavy (non-hydrogen) atoms. The predicted molar refractivity (Wildman–Crippen MR) is 60.6 cm³/mol. The van der Waals surface area contributed by atoms with Gasteiger partial charge in [-0.3, -0.25) is 0 Å². The molecule has 0 aliphatic rings. The second kappa shape index (κ2) is 5.50. The molecule has 3 heteroatoms. The highest BCUT2D eigenvalue weighted by Gasteiger charge is 1.99. The number of nitrogens with two attached hydrogens (primary N) is 1. The van der Waals surface area contributed by atoms with Crippen LogP contribution in [0.1, 0.15) is 12.0 Å². The minimum atomic E-state index is 0.777. The fourth-order valence-corrected chi connectivity index (χ4v) is 1.27. The molecule has 3 nitrogen and oxygen atoms in total. The van der Waals surface area contributed by atoms with E-state index in [4.69, 9.17) is 10.5 Å². The van der Waals surface area contributed by atoms with E-state index in [-0.39, 0.29) is 0 Å². The third-order valence-corrected chi connectivity index (χ3v) is 2.16. The van der Waals surface area contributed by atoms with Gasteiger partial charge in [0.15, 0.2) is 0 Å². The Bertz CT molecular complexity index is 287. The number of anilines is 2. The van der Waals surface area contributed by atoms with E-state index in [0.717, 1.165) is 36.5 Å². The van der Waals surface area contributed by atoms with Crippen molar-refractivity contribution in [3.63, 3.8) is 0 Å². The zero-order valence-electron chi connectivity index (χ0n) is 8.84. The van der Waals surface area contributed by atoms with Crippen LogP contribution in [0.2, 0.25) is 0 Å². The molecule has 0 bridgehead atoms. The van der Waals surface area contributed by atoms with Crippen LogP contribution in [0, 0.1) is 6.92 Å². The summed E-state index contributed by atoms with van der Waals surface area (Å²) in [6.45, 7) is 3.68. The maximum absolute atomic E-state index is 5.90. The third kappa shape index (κ3) is 2.92. The monoisotopic (exact) mass is 194 g/mol. The lowest BCUT2D eigenvalue weighted by Gasteiger charge is -2.10. The molecule has 0 aliphatic carbocycles. The fraction of sp³-hybridized carbons (Fsp3) is 0.455. The molecule has 1 aromatic rings. The van der Waals surface area contributed by atoms with Gasteiger partial charge in [-0.15, -0.1) is 0 Å². The van der Waals surface area contributed by atoms with Crippen molar-refractivity contribution in [2.24, 2.45) is 0 Å². The van der Waals surface area contributed by atoms with Crippen molar-refractivity contribution < 1.29 is 4.74 Å². The van der Waals surface area contributed by atoms with Crippen LogP contribution in [-0.2, 0) is 4.74 Å². The van der Waals surface area contributed by atoms with E-state index in [1.807, 2.05) is 25.1 Å². The molecule has 0 aromatic heterocycles. The molecule has 0 spiro atoms. The number of nitrogen functional groups attached to an aromatic ring is 1. The van der Waals surface area contributed by atoms with E-state index in [1.54, 1.807) is 7.11 Å². The van der Waals surface area contributed by atoms with Gasteiger partial charge in [-0.1, -0.05) is 12.1 Å². The molecular formula is C11H18N2O. The summed E-state index contributed by atoms with van der Waals surface area (Å²) in [5, 5.41) is 3.28. The number of hydrogen-bond donors (Lipinski definition) is 2. The Morgan fingerprint density at radius 1 is 1.43 bits per heavy atom. The molecule has 0 atom stereocenters. The Balaban J connectivity index is 2.46. The maximum atomic E-state index is 5.90. The summed E-state index contributed by atoms with van der Waals surface area (Å²) >= 11 is 0. The van der Waals surface area contributed by atoms with E-state index < -0.39 is 0 Å². The molecule has 0 fully saturated rings. The molecule has 0 saturated heterocycles. The standard InChI is InChI=1S/C11H18N2O/c1-9-5-3-6-10(11(9)12)13-7-4-8-14-2/h3,5-6,13H,4,7-8,12H2,1-2H3. The Kier molecular flexibility index (Phi) is 4.26. The largest absolute Gasteiger partial charge is 0.397 e. The van der Waals surface area contributed by atoms with Crippen molar-refractivity contribution in [2.75, 3.05) is 31.3 Å². The van der Waals surface area contributed by atoms with Gasteiger partial charge >= 0.3 is 0 Å². The summed E-state index contributed by atoms with van der Waals surface area (Å²) in [5.41, 5.74) is 8.87. The number of para-hydroxylation sites is 1. The molecular weight excluding hydrogens is 176 g/mol. The second-order valence-electron chi connectivity index (χ2n) is 3.31. The zero-order chi connectivity index (χ0) is 10.4. The number of benzene rings is 1. The van der Waals surface area contributed by atoms with Crippen molar-refractivity contribution in [2.45, 2.75) is 13.3 Å². The van der Waals surface area contributed by atoms with Crippen molar-refractivity contribution in [3.05, 3.63) is 23.8 Å². The number of ether oxygens (including phenoxy) is 1. The summed E-state index contributed by atoms with van der Waals surface area (Å²) in [4.78, 5) is 0. The number of hydrogen-bond acceptors (Lipinski definition) is 3. The molecule has 78 valence electrons. The van der Waals surface area contributed by atoms with Crippen molar-refractivity contribution in [3.8, 4) is 0 Å². The van der Waals surface area contributed by atoms with Crippen LogP contribution in [0.3, 0.4) is 0 Å². The molecule has 3 N–H and O–H groups in total. The van der Waals surface area contributed by atoms with E-state index >= 15 is 0 Å². The SMILES string of the molecule is COCCCNc1cccc(C)c1N. The summed E-state index contributed by atoms with van der Waals surface area (Å²) in [5.74, 6) is 0. The molecule has 0 saturated carbocycles. The Morgan fingerprint density at radius 3 is 2.93 bits per heavy atom. The van der Waals surface area contributed by atoms with Crippen molar-refractivity contribution in [1.82, 2.24) is 0 Å². The highest BCUT2D eigenvalue weighted by molar-refractivity contribution is 5.69. The number of methoxy groups -OCH3 is 1. The average molecular weight is 194 g/mol. The van der Waals surface area contributed by atoms with Crippen LogP contribution in [0.15, 0.2) is 18.2 Å². The summed E-state index contributed by atoms with van der Waals surface area (Å²) in [6, 6.07) is 6.01. The van der Waals surface area contributed by atoms with Gasteiger partial charge in [0.05, 0.1) is 11.4 Å². The van der Waals surface area contributed by atoms with Crippen LogP contribution >= 0.6 is 0 Å². The van der Waals surface area contributed by atoms with Crippen LogP contribution in [0.5, 0.6) is 0 Å². The molecule has 0 amide bonds. The van der Waals surface area contributed by atoms with E-state index in [2.05, 4.69) is 5.32 Å². The summed E-state index contributed by atoms with van der Waals surface area (Å²) < 4.78 is 4.96. The van der Waals surface area contributed by atoms with Crippen LogP contribution in [0.4, 0.5) is 11.4 Å². The van der Waals surface area contributed by atoms with Gasteiger partial charge in [0, 0.05) is 20.3 Å². The summed E-state index contributed by atoms with van der Waals surface area (Å²) in [7, 11) is 1.71. The predicted octanol–water partition coefficient (Wildman–Crippen LogP) is 2.03. The molecule has 0 radical (unpaired) electrons. The quantitative estimate of drug-likeness (QED) is 0.557. The van der Waals surface area contributed by atoms with Crippen molar-refractivity contribution >= 4 is 11.4 Å². The topological polar surface area (TPSA) is 47.3 Å². The zero-order valence-corrected chi connectivity index (χ0v) is 8.84. The smallest absolute Gasteiger partial charge is 0.0579 e. The van der Waals surface area contributed by atoms with Gasteiger partial charge in [-0.05, 0) is 25.0 Å². The average Bonchev–Trinajstić information content (AvgIpc) is 2.19. The van der Waals surface area contributed by atoms with E-state index in [9.17, 15) is 0 Å². The Hall–Kier alpha value is -1.22. The minimum Gasteiger partial charge on any atom is -0.397 e. The molecule has 1 rings (SSSR count). The lowest BCUT2D eigenvalue weighted by molar-refractivity contribution is 0.198. The van der Waals surface area contributed by atoms with Gasteiger partial charge in [0.2, 0.25) is 0 Å². The second-order valence-corrected chi connectivity index (χ2v) is 3.31. The van der Waals surface area contributed by atoms with E-state index in [0.29, 0.717) is 0 Å². The van der Waals surface area contributed by atoms with Crippen LogP contribution in [0.25, 0.3) is 0 Å². The molecule has 0 heterocycles.